The summed E-state index contributed by atoms with van der Waals surface area (Å²) in [5.74, 6) is -0.402. The highest BCUT2D eigenvalue weighted by Gasteiger charge is 2.26. The zero-order chi connectivity index (χ0) is 48.5. The summed E-state index contributed by atoms with van der Waals surface area (Å²) in [5.41, 5.74) is 13.8. The molecule has 0 spiro atoms. The lowest BCUT2D eigenvalue weighted by Crippen LogP contribution is -2.16. The van der Waals surface area contributed by atoms with Gasteiger partial charge in [0, 0.05) is 71.2 Å². The summed E-state index contributed by atoms with van der Waals surface area (Å²) >= 11 is 0. The molecule has 6 aromatic rings. The normalized spacial score (nSPS) is 12.6. The highest BCUT2D eigenvalue weighted by molar-refractivity contribution is 7.86. The quantitative estimate of drug-likeness (QED) is 0.0655. The maximum Gasteiger partial charge on any atom is 0.295 e. The second-order valence-corrected chi connectivity index (χ2v) is 19.8. The fraction of sp³-hybridized carbons (Fsp3) is 0.182. The van der Waals surface area contributed by atoms with Gasteiger partial charge in [-0.05, 0) is 140 Å². The number of anilines is 2. The standard InChI is InChI=1S/C55H52N2O8S2/c1-34-30-36(3)54(38(5)47(34)32-49(58)40-16-10-9-11-17-40)56(7)43-26-22-41(23-27-43)53(46-19-13-15-21-52(46)67(63,64)65)42-24-28-44(29-25-42)57(8)55-37(4)31-35(2)48(39(55)6)33-50(59)45-18-12-14-20-51(45)66(60,61)62/h9-31H,32-33H2,1-8H3,(H-,60,61,62,63,64,65)/p+1. The highest BCUT2D eigenvalue weighted by atomic mass is 32.2. The molecule has 0 saturated heterocycles. The summed E-state index contributed by atoms with van der Waals surface area (Å²) in [6.45, 7) is 11.9. The van der Waals surface area contributed by atoms with Gasteiger partial charge in [-0.1, -0.05) is 78.9 Å². The molecule has 0 amide bonds. The number of Topliss-reactive ketones (excluding diaryl/α,β-unsaturated/α-hetero) is 2. The van der Waals surface area contributed by atoms with E-state index in [1.807, 2.05) is 139 Å². The molecule has 0 fully saturated rings. The van der Waals surface area contributed by atoms with Crippen molar-refractivity contribution in [2.24, 2.45) is 0 Å². The molecule has 1 aliphatic rings. The molecule has 342 valence electrons. The Labute approximate surface area is 393 Å². The summed E-state index contributed by atoms with van der Waals surface area (Å²) in [6.07, 6.45) is 7.96. The van der Waals surface area contributed by atoms with E-state index in [2.05, 4.69) is 17.6 Å². The molecule has 0 saturated carbocycles. The first-order chi connectivity index (χ1) is 31.7. The number of rotatable bonds is 13. The average Bonchev–Trinajstić information content (AvgIpc) is 3.29. The number of hydrogen-bond donors (Lipinski definition) is 2. The molecule has 1 aliphatic carbocycles. The lowest BCUT2D eigenvalue weighted by Gasteiger charge is -2.27. The van der Waals surface area contributed by atoms with Gasteiger partial charge in [-0.2, -0.15) is 21.4 Å². The van der Waals surface area contributed by atoms with Crippen molar-refractivity contribution in [3.8, 4) is 0 Å². The van der Waals surface area contributed by atoms with E-state index in [-0.39, 0.29) is 29.1 Å². The van der Waals surface area contributed by atoms with E-state index >= 15 is 0 Å². The molecular weight excluding hydrogens is 881 g/mol. The van der Waals surface area contributed by atoms with E-state index in [9.17, 15) is 35.5 Å². The first kappa shape index (κ1) is 48.1. The van der Waals surface area contributed by atoms with Crippen molar-refractivity contribution in [2.45, 2.75) is 64.2 Å². The van der Waals surface area contributed by atoms with E-state index in [1.165, 1.54) is 24.3 Å². The van der Waals surface area contributed by atoms with Crippen LogP contribution >= 0.6 is 0 Å². The van der Waals surface area contributed by atoms with Crippen LogP contribution in [0.15, 0.2) is 155 Å². The van der Waals surface area contributed by atoms with E-state index in [0.717, 1.165) is 67.3 Å². The van der Waals surface area contributed by atoms with Gasteiger partial charge >= 0.3 is 0 Å². The van der Waals surface area contributed by atoms with Gasteiger partial charge in [-0.3, -0.25) is 18.7 Å². The minimum atomic E-state index is -4.63. The predicted molar refractivity (Wildman–Crippen MR) is 266 cm³/mol. The van der Waals surface area contributed by atoms with Crippen molar-refractivity contribution in [1.82, 2.24) is 0 Å². The molecule has 12 heteroatoms. The molecule has 0 unspecified atom stereocenters. The molecule has 0 aromatic heterocycles. The van der Waals surface area contributed by atoms with Crippen LogP contribution < -0.4 is 4.90 Å². The first-order valence-corrected chi connectivity index (χ1v) is 24.5. The van der Waals surface area contributed by atoms with Gasteiger partial charge in [-0.25, -0.2) is 0 Å². The monoisotopic (exact) mass is 933 g/mol. The van der Waals surface area contributed by atoms with Crippen LogP contribution in [0, 0.1) is 41.5 Å². The number of aryl methyl sites for hydroxylation is 4. The molecule has 0 bridgehead atoms. The number of ketones is 2. The Bertz CT molecular complexity index is 3330. The van der Waals surface area contributed by atoms with Crippen molar-refractivity contribution < 1.29 is 40.1 Å². The Kier molecular flexibility index (Phi) is 13.8. The summed E-state index contributed by atoms with van der Waals surface area (Å²) in [5, 5.41) is 0. The lowest BCUT2D eigenvalue weighted by molar-refractivity contribution is -0.404. The van der Waals surface area contributed by atoms with Gasteiger partial charge in [0.25, 0.3) is 20.2 Å². The Hall–Kier alpha value is -6.83. The van der Waals surface area contributed by atoms with Crippen LogP contribution in [-0.4, -0.2) is 61.9 Å². The van der Waals surface area contributed by atoms with Gasteiger partial charge in [0.2, 0.25) is 11.4 Å². The molecule has 6 aromatic carbocycles. The third-order valence-electron chi connectivity index (χ3n) is 12.6. The fourth-order valence-corrected chi connectivity index (χ4v) is 10.8. The molecule has 0 atom stereocenters. The molecule has 7 rings (SSSR count). The minimum Gasteiger partial charge on any atom is -0.344 e. The van der Waals surface area contributed by atoms with Gasteiger partial charge in [0.15, 0.2) is 11.6 Å². The van der Waals surface area contributed by atoms with Crippen molar-refractivity contribution in [2.75, 3.05) is 19.0 Å². The third-order valence-corrected chi connectivity index (χ3v) is 14.4. The van der Waals surface area contributed by atoms with Crippen molar-refractivity contribution in [3.05, 3.63) is 212 Å². The van der Waals surface area contributed by atoms with Crippen molar-refractivity contribution >= 4 is 60.1 Å². The van der Waals surface area contributed by atoms with Crippen LogP contribution in [0.25, 0.3) is 5.57 Å². The number of hydrogen-bond acceptors (Lipinski definition) is 7. The lowest BCUT2D eigenvalue weighted by atomic mass is 9.90. The molecular formula is C55H53N2O8S2+. The van der Waals surface area contributed by atoms with E-state index in [1.54, 1.807) is 24.3 Å². The zero-order valence-corrected chi connectivity index (χ0v) is 40.4. The largest absolute Gasteiger partial charge is 0.344 e. The van der Waals surface area contributed by atoms with Crippen LogP contribution in [0.4, 0.5) is 17.1 Å². The summed E-state index contributed by atoms with van der Waals surface area (Å²) in [7, 11) is -5.37. The Balaban J connectivity index is 1.26. The first-order valence-electron chi connectivity index (χ1n) is 21.7. The number of allylic oxidation sites excluding steroid dienone is 5. The van der Waals surface area contributed by atoms with Gasteiger partial charge in [0.05, 0.1) is 0 Å². The summed E-state index contributed by atoms with van der Waals surface area (Å²) in [6, 6.07) is 33.0. The van der Waals surface area contributed by atoms with Gasteiger partial charge in [-0.15, -0.1) is 0 Å². The van der Waals surface area contributed by atoms with Crippen LogP contribution in [0.5, 0.6) is 0 Å². The second-order valence-electron chi connectivity index (χ2n) is 17.0. The molecule has 0 heterocycles. The van der Waals surface area contributed by atoms with Crippen molar-refractivity contribution in [3.63, 3.8) is 0 Å². The highest BCUT2D eigenvalue weighted by Crippen LogP contribution is 2.38. The Morgan fingerprint density at radius 3 is 1.63 bits per heavy atom. The van der Waals surface area contributed by atoms with E-state index in [0.29, 0.717) is 27.8 Å². The molecule has 10 nitrogen and oxygen atoms in total. The maximum absolute atomic E-state index is 13.6. The average molecular weight is 934 g/mol. The van der Waals surface area contributed by atoms with Crippen LogP contribution in [-0.2, 0) is 33.1 Å². The number of benzene rings is 6. The number of carbonyl (C=O) groups excluding carboxylic acids is 2. The van der Waals surface area contributed by atoms with Crippen LogP contribution in [0.3, 0.4) is 0 Å². The molecule has 2 N–H and O–H groups in total. The van der Waals surface area contributed by atoms with E-state index < -0.39 is 30.9 Å². The summed E-state index contributed by atoms with van der Waals surface area (Å²) < 4.78 is 72.3. The molecule has 0 radical (unpaired) electrons. The fourth-order valence-electron chi connectivity index (χ4n) is 9.41. The van der Waals surface area contributed by atoms with E-state index in [4.69, 9.17) is 0 Å². The number of carbonyl (C=O) groups is 2. The topological polar surface area (TPSA) is 149 Å². The Morgan fingerprint density at radius 1 is 0.552 bits per heavy atom. The zero-order valence-electron chi connectivity index (χ0n) is 38.7. The van der Waals surface area contributed by atoms with Gasteiger partial charge < -0.3 is 4.90 Å². The number of nitrogens with zero attached hydrogens (tertiary/aromatic N) is 2. The van der Waals surface area contributed by atoms with Crippen LogP contribution in [0.2, 0.25) is 0 Å². The second kappa shape index (κ2) is 19.2. The maximum atomic E-state index is 13.6. The van der Waals surface area contributed by atoms with Crippen molar-refractivity contribution in [1.29, 1.82) is 0 Å². The SMILES string of the molecule is Cc1cc(C)c(N(C)c2ccc(C(=C3C=CC(=[N+](C)c4c(C)cc(C)c(CC(=O)c5ccccc5)c4C)C=C3)c3ccccc3S(=O)(=O)O)cc2)c(C)c1CC(=O)c1ccccc1S(=O)(=O)O. The van der Waals surface area contributed by atoms with Gasteiger partial charge in [0.1, 0.15) is 16.8 Å². The third kappa shape index (κ3) is 9.98. The smallest absolute Gasteiger partial charge is 0.295 e. The predicted octanol–water partition coefficient (Wildman–Crippen LogP) is 11.0. The summed E-state index contributed by atoms with van der Waals surface area (Å²) in [4.78, 5) is 28.3. The minimum absolute atomic E-state index is 0.0458. The molecule has 67 heavy (non-hydrogen) atoms. The van der Waals surface area contributed by atoms with Crippen LogP contribution in [0.1, 0.15) is 76.4 Å². The Morgan fingerprint density at radius 2 is 1.04 bits per heavy atom. The molecule has 0 aliphatic heterocycles.